The first-order valence-electron chi connectivity index (χ1n) is 8.34. The fourth-order valence-electron chi connectivity index (χ4n) is 3.03. The van der Waals surface area contributed by atoms with E-state index < -0.39 is 5.41 Å². The van der Waals surface area contributed by atoms with E-state index in [2.05, 4.69) is 15.6 Å². The summed E-state index contributed by atoms with van der Waals surface area (Å²) in [5.74, 6) is -0.491. The van der Waals surface area contributed by atoms with Crippen molar-refractivity contribution in [2.45, 2.75) is 12.8 Å². The first-order valence-corrected chi connectivity index (χ1v) is 8.34. The molecule has 7 nitrogen and oxygen atoms in total. The molecule has 2 heterocycles. The maximum Gasteiger partial charge on any atom is 0.243 e. The van der Waals surface area contributed by atoms with Crippen molar-refractivity contribution in [2.24, 2.45) is 11.1 Å². The quantitative estimate of drug-likeness (QED) is 0.753. The van der Waals surface area contributed by atoms with E-state index >= 15 is 0 Å². The maximum absolute atomic E-state index is 12.5. The van der Waals surface area contributed by atoms with Gasteiger partial charge in [0.2, 0.25) is 11.8 Å². The average Bonchev–Trinajstić information content (AvgIpc) is 2.67. The molecular formula is C18H22N4O3. The highest BCUT2D eigenvalue weighted by Crippen LogP contribution is 2.29. The van der Waals surface area contributed by atoms with Gasteiger partial charge < -0.3 is 21.1 Å². The summed E-state index contributed by atoms with van der Waals surface area (Å²) in [6.45, 7) is 1.17. The number of carbonyl (C=O) groups excluding carboxylic acids is 2. The third kappa shape index (κ3) is 3.78. The number of rotatable bonds is 5. The van der Waals surface area contributed by atoms with Crippen LogP contribution in [0.25, 0.3) is 10.9 Å². The SMILES string of the molecule is NCC1(C(=O)NCC(=O)Nc2cccc3cccnc23)CCOCC1. The molecule has 132 valence electrons. The molecule has 0 aliphatic carbocycles. The Morgan fingerprint density at radius 3 is 2.72 bits per heavy atom. The lowest BCUT2D eigenvalue weighted by molar-refractivity contribution is -0.137. The van der Waals surface area contributed by atoms with Crippen LogP contribution in [0.2, 0.25) is 0 Å². The maximum atomic E-state index is 12.5. The van der Waals surface area contributed by atoms with Crippen molar-refractivity contribution in [3.05, 3.63) is 36.5 Å². The highest BCUT2D eigenvalue weighted by atomic mass is 16.5. The molecule has 1 fully saturated rings. The molecule has 1 aromatic carbocycles. The Kier molecular flexibility index (Phi) is 5.25. The van der Waals surface area contributed by atoms with Gasteiger partial charge in [-0.25, -0.2) is 0 Å². The van der Waals surface area contributed by atoms with Gasteiger partial charge in [-0.15, -0.1) is 0 Å². The van der Waals surface area contributed by atoms with Crippen LogP contribution in [0, 0.1) is 5.41 Å². The van der Waals surface area contributed by atoms with Crippen LogP contribution in [-0.4, -0.2) is 43.1 Å². The summed E-state index contributed by atoms with van der Waals surface area (Å²) in [7, 11) is 0. The second kappa shape index (κ2) is 7.58. The molecule has 2 aromatic rings. The van der Waals surface area contributed by atoms with E-state index in [1.807, 2.05) is 24.3 Å². The van der Waals surface area contributed by atoms with Gasteiger partial charge in [0.15, 0.2) is 0 Å². The van der Waals surface area contributed by atoms with Gasteiger partial charge in [-0.3, -0.25) is 14.6 Å². The van der Waals surface area contributed by atoms with E-state index in [1.54, 1.807) is 12.3 Å². The number of nitrogens with zero attached hydrogens (tertiary/aromatic N) is 1. The van der Waals surface area contributed by atoms with Gasteiger partial charge in [0, 0.05) is 31.3 Å². The van der Waals surface area contributed by atoms with Gasteiger partial charge in [-0.2, -0.15) is 0 Å². The largest absolute Gasteiger partial charge is 0.381 e. The van der Waals surface area contributed by atoms with Crippen LogP contribution >= 0.6 is 0 Å². The molecule has 1 aliphatic rings. The number of nitrogens with two attached hydrogens (primary N) is 1. The third-order valence-electron chi connectivity index (χ3n) is 4.64. The van der Waals surface area contributed by atoms with Gasteiger partial charge in [0.1, 0.15) is 0 Å². The number of pyridine rings is 1. The number of hydrogen-bond acceptors (Lipinski definition) is 5. The number of carbonyl (C=O) groups is 2. The third-order valence-corrected chi connectivity index (χ3v) is 4.64. The lowest BCUT2D eigenvalue weighted by Crippen LogP contribution is -2.50. The summed E-state index contributed by atoms with van der Waals surface area (Å²) in [4.78, 5) is 29.0. The first-order chi connectivity index (χ1) is 12.1. The Labute approximate surface area is 145 Å². The standard InChI is InChI=1S/C18H22N4O3/c19-12-18(6-9-25-10-7-18)17(24)21-11-15(23)22-14-5-1-3-13-4-2-8-20-16(13)14/h1-5,8H,6-7,9-12,19H2,(H,21,24)(H,22,23). The number of nitrogens with one attached hydrogen (secondary N) is 2. The van der Waals surface area contributed by atoms with E-state index in [0.29, 0.717) is 37.3 Å². The minimum absolute atomic E-state index is 0.106. The Morgan fingerprint density at radius 2 is 1.96 bits per heavy atom. The number of para-hydroxylation sites is 1. The molecule has 0 spiro atoms. The van der Waals surface area contributed by atoms with Crippen LogP contribution in [0.5, 0.6) is 0 Å². The molecule has 0 bridgehead atoms. The predicted molar refractivity (Wildman–Crippen MR) is 94.9 cm³/mol. The molecule has 0 atom stereocenters. The Hall–Kier alpha value is -2.51. The summed E-state index contributed by atoms with van der Waals surface area (Å²) >= 11 is 0. The van der Waals surface area contributed by atoms with Crippen molar-refractivity contribution in [1.82, 2.24) is 10.3 Å². The normalized spacial score (nSPS) is 16.4. The molecule has 1 saturated heterocycles. The van der Waals surface area contributed by atoms with Crippen LogP contribution in [0.4, 0.5) is 5.69 Å². The molecule has 4 N–H and O–H groups in total. The van der Waals surface area contributed by atoms with E-state index in [-0.39, 0.29) is 24.9 Å². The number of ether oxygens (including phenoxy) is 1. The van der Waals surface area contributed by atoms with Crippen molar-refractivity contribution in [3.63, 3.8) is 0 Å². The van der Waals surface area contributed by atoms with E-state index in [1.165, 1.54) is 0 Å². The van der Waals surface area contributed by atoms with Crippen LogP contribution < -0.4 is 16.4 Å². The molecule has 1 aliphatic heterocycles. The van der Waals surface area contributed by atoms with Crippen molar-refractivity contribution >= 4 is 28.4 Å². The van der Waals surface area contributed by atoms with Gasteiger partial charge in [0.25, 0.3) is 0 Å². The zero-order chi connectivity index (χ0) is 17.7. The Bertz CT molecular complexity index is 767. The van der Waals surface area contributed by atoms with E-state index in [4.69, 9.17) is 10.5 Å². The van der Waals surface area contributed by atoms with Crippen LogP contribution in [0.15, 0.2) is 36.5 Å². The lowest BCUT2D eigenvalue weighted by atomic mass is 9.79. The molecule has 3 rings (SSSR count). The van der Waals surface area contributed by atoms with Gasteiger partial charge >= 0.3 is 0 Å². The molecule has 7 heteroatoms. The Morgan fingerprint density at radius 1 is 1.20 bits per heavy atom. The monoisotopic (exact) mass is 342 g/mol. The minimum atomic E-state index is -0.639. The molecule has 2 amide bonds. The molecule has 0 radical (unpaired) electrons. The summed E-state index contributed by atoms with van der Waals surface area (Å²) in [5.41, 5.74) is 6.50. The molecule has 1 aromatic heterocycles. The zero-order valence-corrected chi connectivity index (χ0v) is 14.0. The van der Waals surface area contributed by atoms with Crippen LogP contribution in [-0.2, 0) is 14.3 Å². The highest BCUT2D eigenvalue weighted by Gasteiger charge is 2.38. The van der Waals surface area contributed by atoms with Gasteiger partial charge in [-0.05, 0) is 25.0 Å². The molecule has 0 unspecified atom stereocenters. The molecular weight excluding hydrogens is 320 g/mol. The molecule has 0 saturated carbocycles. The highest BCUT2D eigenvalue weighted by molar-refractivity contribution is 6.02. The summed E-state index contributed by atoms with van der Waals surface area (Å²) in [5, 5.41) is 6.45. The van der Waals surface area contributed by atoms with Crippen LogP contribution in [0.3, 0.4) is 0 Å². The van der Waals surface area contributed by atoms with Crippen molar-refractivity contribution < 1.29 is 14.3 Å². The first kappa shape index (κ1) is 17.3. The van der Waals surface area contributed by atoms with Gasteiger partial charge in [-0.1, -0.05) is 18.2 Å². The number of aromatic nitrogens is 1. The minimum Gasteiger partial charge on any atom is -0.381 e. The summed E-state index contributed by atoms with van der Waals surface area (Å²) < 4.78 is 5.30. The number of benzene rings is 1. The number of amides is 2. The summed E-state index contributed by atoms with van der Waals surface area (Å²) in [6, 6.07) is 9.33. The van der Waals surface area contributed by atoms with E-state index in [0.717, 1.165) is 5.39 Å². The van der Waals surface area contributed by atoms with Crippen LogP contribution in [0.1, 0.15) is 12.8 Å². The van der Waals surface area contributed by atoms with Crippen molar-refractivity contribution in [2.75, 3.05) is 31.6 Å². The molecule has 25 heavy (non-hydrogen) atoms. The predicted octanol–water partition coefficient (Wildman–Crippen LogP) is 1.04. The zero-order valence-electron chi connectivity index (χ0n) is 14.0. The van der Waals surface area contributed by atoms with Crippen molar-refractivity contribution in [1.29, 1.82) is 0 Å². The smallest absolute Gasteiger partial charge is 0.243 e. The summed E-state index contributed by atoms with van der Waals surface area (Å²) in [6.07, 6.45) is 2.82. The topological polar surface area (TPSA) is 106 Å². The van der Waals surface area contributed by atoms with Crippen molar-refractivity contribution in [3.8, 4) is 0 Å². The number of fused-ring (bicyclic) bond motifs is 1. The Balaban J connectivity index is 1.62. The average molecular weight is 342 g/mol. The number of hydrogen-bond donors (Lipinski definition) is 3. The second-order valence-corrected chi connectivity index (χ2v) is 6.21. The fourth-order valence-corrected chi connectivity index (χ4v) is 3.03. The fraction of sp³-hybridized carbons (Fsp3) is 0.389. The lowest BCUT2D eigenvalue weighted by Gasteiger charge is -2.34. The van der Waals surface area contributed by atoms with Gasteiger partial charge in [0.05, 0.1) is 23.2 Å². The second-order valence-electron chi connectivity index (χ2n) is 6.21. The number of anilines is 1. The van der Waals surface area contributed by atoms with E-state index in [9.17, 15) is 9.59 Å².